The Morgan fingerprint density at radius 1 is 1.36 bits per heavy atom. The minimum absolute atomic E-state index is 0.0435. The fraction of sp³-hybridized carbons (Fsp3) is 0.611. The van der Waals surface area contributed by atoms with Gasteiger partial charge in [0, 0.05) is 38.0 Å². The van der Waals surface area contributed by atoms with Gasteiger partial charge in [-0.15, -0.1) is 0 Å². The highest BCUT2D eigenvalue weighted by Gasteiger charge is 2.43. The average molecular weight is 344 g/mol. The summed E-state index contributed by atoms with van der Waals surface area (Å²) in [6.45, 7) is 3.47. The quantitative estimate of drug-likeness (QED) is 0.916. The summed E-state index contributed by atoms with van der Waals surface area (Å²) >= 11 is 0. The van der Waals surface area contributed by atoms with Crippen LogP contribution in [0.15, 0.2) is 29.3 Å². The molecule has 0 radical (unpaired) electrons. The maximum atomic E-state index is 12.7. The van der Waals surface area contributed by atoms with Crippen LogP contribution in [0.3, 0.4) is 0 Å². The van der Waals surface area contributed by atoms with E-state index >= 15 is 0 Å². The van der Waals surface area contributed by atoms with Crippen molar-refractivity contribution in [2.24, 2.45) is 11.8 Å². The number of amides is 1. The van der Waals surface area contributed by atoms with Gasteiger partial charge in [-0.3, -0.25) is 4.79 Å². The normalized spacial score (nSPS) is 29.0. The monoisotopic (exact) mass is 344 g/mol. The van der Waals surface area contributed by atoms with Crippen LogP contribution in [-0.2, 0) is 6.42 Å². The molecule has 1 saturated carbocycles. The van der Waals surface area contributed by atoms with Crippen molar-refractivity contribution in [1.29, 1.82) is 0 Å². The number of aliphatic hydroxyl groups is 1. The first-order chi connectivity index (χ1) is 12.2. The zero-order chi connectivity index (χ0) is 17.4. The number of nitrogens with zero attached hydrogens (tertiary/aromatic N) is 4. The first-order valence-electron chi connectivity index (χ1n) is 9.06. The number of fused-ring (bicyclic) bond motifs is 1. The van der Waals surface area contributed by atoms with Gasteiger partial charge in [-0.25, -0.2) is 4.98 Å². The highest BCUT2D eigenvalue weighted by molar-refractivity contribution is 5.92. The molecule has 25 heavy (non-hydrogen) atoms. The number of aliphatic hydroxyl groups excluding tert-OH is 1. The molecule has 0 unspecified atom stereocenters. The molecule has 134 valence electrons. The van der Waals surface area contributed by atoms with Crippen molar-refractivity contribution in [2.75, 3.05) is 13.1 Å². The number of hydrogen-bond acceptors (Lipinski definition) is 5. The minimum Gasteiger partial charge on any atom is -0.391 e. The van der Waals surface area contributed by atoms with Crippen molar-refractivity contribution < 1.29 is 14.4 Å². The van der Waals surface area contributed by atoms with Crippen LogP contribution in [0.25, 0.3) is 0 Å². The van der Waals surface area contributed by atoms with E-state index in [9.17, 15) is 9.90 Å². The fourth-order valence-electron chi connectivity index (χ4n) is 4.30. The molecule has 1 N–H and O–H groups in total. The molecule has 0 aromatic carbocycles. The predicted octanol–water partition coefficient (Wildman–Crippen LogP) is 1.91. The van der Waals surface area contributed by atoms with Crippen molar-refractivity contribution in [3.8, 4) is 0 Å². The average Bonchev–Trinajstić information content (AvgIpc) is 3.33. The Morgan fingerprint density at radius 2 is 2.16 bits per heavy atom. The van der Waals surface area contributed by atoms with E-state index in [1.807, 2.05) is 15.7 Å². The van der Waals surface area contributed by atoms with Crippen molar-refractivity contribution in [3.05, 3.63) is 36.2 Å². The molecule has 2 aromatic rings. The Kier molecular flexibility index (Phi) is 4.33. The van der Waals surface area contributed by atoms with Gasteiger partial charge in [-0.1, -0.05) is 12.1 Å². The number of imidazole rings is 1. The fourth-order valence-corrected chi connectivity index (χ4v) is 4.30. The second-order valence-corrected chi connectivity index (χ2v) is 7.27. The molecule has 1 aliphatic heterocycles. The molecule has 0 bridgehead atoms. The van der Waals surface area contributed by atoms with Crippen LogP contribution in [0.5, 0.6) is 0 Å². The molecule has 3 heterocycles. The largest absolute Gasteiger partial charge is 0.391 e. The molecule has 2 aliphatic rings. The molecular formula is C18H24N4O3. The van der Waals surface area contributed by atoms with Gasteiger partial charge in [0.2, 0.25) is 0 Å². The van der Waals surface area contributed by atoms with Gasteiger partial charge in [0.1, 0.15) is 5.76 Å². The first-order valence-corrected chi connectivity index (χ1v) is 9.06. The summed E-state index contributed by atoms with van der Waals surface area (Å²) in [5.41, 5.74) is 0.397. The van der Waals surface area contributed by atoms with E-state index < -0.39 is 6.10 Å². The molecule has 7 nitrogen and oxygen atoms in total. The molecule has 4 atom stereocenters. The summed E-state index contributed by atoms with van der Waals surface area (Å²) in [6.07, 6.45) is 8.35. The van der Waals surface area contributed by atoms with Crippen molar-refractivity contribution in [1.82, 2.24) is 19.6 Å². The zero-order valence-corrected chi connectivity index (χ0v) is 14.4. The molecule has 4 rings (SSSR count). The number of aryl methyl sites for hydroxylation is 1. The predicted molar refractivity (Wildman–Crippen MR) is 89.9 cm³/mol. The van der Waals surface area contributed by atoms with Crippen LogP contribution >= 0.6 is 0 Å². The Bertz CT molecular complexity index is 727. The molecule has 2 fully saturated rings. The molecule has 2 aromatic heterocycles. The van der Waals surface area contributed by atoms with Crippen LogP contribution < -0.4 is 0 Å². The van der Waals surface area contributed by atoms with E-state index in [2.05, 4.69) is 17.1 Å². The Morgan fingerprint density at radius 3 is 2.88 bits per heavy atom. The van der Waals surface area contributed by atoms with Crippen molar-refractivity contribution in [2.45, 2.75) is 44.8 Å². The smallest absolute Gasteiger partial charge is 0.276 e. The lowest BCUT2D eigenvalue weighted by atomic mass is 9.77. The summed E-state index contributed by atoms with van der Waals surface area (Å²) in [5, 5.41) is 14.5. The number of carbonyl (C=O) groups excluding carboxylic acids is 1. The first kappa shape index (κ1) is 16.3. The summed E-state index contributed by atoms with van der Waals surface area (Å²) < 4.78 is 7.23. The lowest BCUT2D eigenvalue weighted by Crippen LogP contribution is -2.35. The standard InChI is InChI=1S/C18H24N4O3/c1-2-3-14-8-15(20-25-14)18(24)22-9-12-6-16(21-5-4-19-11-21)17(23)7-13(12)10-22/h4-5,8,11-13,16-17,23H,2-3,6-7,9-10H2,1H3/t12-,13+,16-,17-/m1/s1. The van der Waals surface area contributed by atoms with E-state index in [-0.39, 0.29) is 11.9 Å². The van der Waals surface area contributed by atoms with E-state index in [4.69, 9.17) is 4.52 Å². The lowest BCUT2D eigenvalue weighted by molar-refractivity contribution is 0.0357. The van der Waals surface area contributed by atoms with Gasteiger partial charge in [0.05, 0.1) is 18.5 Å². The Balaban J connectivity index is 1.44. The highest BCUT2D eigenvalue weighted by atomic mass is 16.5. The summed E-state index contributed by atoms with van der Waals surface area (Å²) in [4.78, 5) is 18.7. The lowest BCUT2D eigenvalue weighted by Gasteiger charge is -2.35. The third-order valence-electron chi connectivity index (χ3n) is 5.58. The van der Waals surface area contributed by atoms with Crippen LogP contribution in [0.1, 0.15) is 48.5 Å². The number of likely N-dealkylation sites (tertiary alicyclic amines) is 1. The Hall–Kier alpha value is -2.15. The van der Waals surface area contributed by atoms with Gasteiger partial charge < -0.3 is 19.1 Å². The number of carbonyl (C=O) groups is 1. The molecule has 1 aliphatic carbocycles. The SMILES string of the molecule is CCCc1cc(C(=O)N2C[C@H]3C[C@@H](n4ccnc4)[C@H](O)C[C@H]3C2)no1. The van der Waals surface area contributed by atoms with E-state index in [1.54, 1.807) is 18.6 Å². The molecule has 1 amide bonds. The van der Waals surface area contributed by atoms with E-state index in [0.29, 0.717) is 24.1 Å². The van der Waals surface area contributed by atoms with Gasteiger partial charge in [-0.05, 0) is 31.1 Å². The van der Waals surface area contributed by atoms with Gasteiger partial charge >= 0.3 is 0 Å². The third kappa shape index (κ3) is 3.08. The number of hydrogen-bond donors (Lipinski definition) is 1. The van der Waals surface area contributed by atoms with Crippen LogP contribution in [-0.4, -0.2) is 49.8 Å². The topological polar surface area (TPSA) is 84.4 Å². The summed E-state index contributed by atoms with van der Waals surface area (Å²) in [7, 11) is 0. The maximum Gasteiger partial charge on any atom is 0.276 e. The molecular weight excluding hydrogens is 320 g/mol. The minimum atomic E-state index is -0.395. The van der Waals surface area contributed by atoms with E-state index in [1.165, 1.54) is 0 Å². The zero-order valence-electron chi connectivity index (χ0n) is 14.4. The summed E-state index contributed by atoms with van der Waals surface area (Å²) in [5.74, 6) is 1.45. The molecule has 7 heteroatoms. The highest BCUT2D eigenvalue weighted by Crippen LogP contribution is 2.41. The summed E-state index contributed by atoms with van der Waals surface area (Å²) in [6, 6.07) is 1.80. The van der Waals surface area contributed by atoms with Gasteiger partial charge in [0.25, 0.3) is 5.91 Å². The van der Waals surface area contributed by atoms with Gasteiger partial charge in [0.15, 0.2) is 5.69 Å². The van der Waals surface area contributed by atoms with Crippen molar-refractivity contribution in [3.63, 3.8) is 0 Å². The van der Waals surface area contributed by atoms with Crippen LogP contribution in [0, 0.1) is 11.8 Å². The second kappa shape index (κ2) is 6.63. The number of rotatable bonds is 4. The van der Waals surface area contributed by atoms with Gasteiger partial charge in [-0.2, -0.15) is 0 Å². The molecule has 0 spiro atoms. The molecule has 1 saturated heterocycles. The Labute approximate surface area is 146 Å². The van der Waals surface area contributed by atoms with E-state index in [0.717, 1.165) is 38.0 Å². The van der Waals surface area contributed by atoms with Crippen molar-refractivity contribution >= 4 is 5.91 Å². The number of aromatic nitrogens is 3. The second-order valence-electron chi connectivity index (χ2n) is 7.27. The third-order valence-corrected chi connectivity index (χ3v) is 5.58. The van der Waals surface area contributed by atoms with Crippen LogP contribution in [0.4, 0.5) is 0 Å². The maximum absolute atomic E-state index is 12.7. The van der Waals surface area contributed by atoms with Crippen LogP contribution in [0.2, 0.25) is 0 Å².